The highest BCUT2D eigenvalue weighted by atomic mass is 32.2. The Labute approximate surface area is 202 Å². The molecule has 10 heteroatoms. The van der Waals surface area contributed by atoms with Gasteiger partial charge in [0.1, 0.15) is 6.10 Å². The lowest BCUT2D eigenvalue weighted by Gasteiger charge is -2.17. The van der Waals surface area contributed by atoms with E-state index in [2.05, 4.69) is 46.8 Å². The van der Waals surface area contributed by atoms with Gasteiger partial charge in [-0.05, 0) is 24.8 Å². The van der Waals surface area contributed by atoms with Crippen LogP contribution in [0.5, 0.6) is 0 Å². The molecule has 2 saturated carbocycles. The van der Waals surface area contributed by atoms with E-state index < -0.39 is 18.2 Å². The van der Waals surface area contributed by atoms with Crippen molar-refractivity contribution in [3.8, 4) is 0 Å². The Morgan fingerprint density at radius 2 is 2.00 bits per heavy atom. The topological polar surface area (TPSA) is 135 Å². The molecule has 0 amide bonds. The normalized spacial score (nSPS) is 28.7. The summed E-state index contributed by atoms with van der Waals surface area (Å²) in [5, 5.41) is 34.3. The molecule has 180 valence electrons. The summed E-state index contributed by atoms with van der Waals surface area (Å²) in [6, 6.07) is 10.3. The molecule has 34 heavy (non-hydrogen) atoms. The van der Waals surface area contributed by atoms with Gasteiger partial charge in [0.15, 0.2) is 22.1 Å². The number of aliphatic hydroxyl groups excluding tert-OH is 2. The number of hydrogen-bond acceptors (Lipinski definition) is 9. The largest absolute Gasteiger partial charge is 0.390 e. The third-order valence-electron chi connectivity index (χ3n) is 6.61. The van der Waals surface area contributed by atoms with Gasteiger partial charge < -0.3 is 21.3 Å². The summed E-state index contributed by atoms with van der Waals surface area (Å²) in [6.07, 6.45) is 4.39. The fraction of sp³-hybridized carbons (Fsp3) is 0.500. The summed E-state index contributed by atoms with van der Waals surface area (Å²) in [5.41, 5.74) is 8.05. The van der Waals surface area contributed by atoms with Crippen molar-refractivity contribution in [3.63, 3.8) is 0 Å². The van der Waals surface area contributed by atoms with E-state index in [-0.39, 0.29) is 12.0 Å². The lowest BCUT2D eigenvalue weighted by molar-refractivity contribution is 0.0116. The Balaban J connectivity index is 1.45. The zero-order chi connectivity index (χ0) is 23.7. The van der Waals surface area contributed by atoms with Gasteiger partial charge >= 0.3 is 0 Å². The number of nitrogens with zero attached hydrogens (tertiary/aromatic N) is 5. The summed E-state index contributed by atoms with van der Waals surface area (Å²) in [5.74, 6) is 1.81. The Bertz CT molecular complexity index is 1150. The zero-order valence-corrected chi connectivity index (χ0v) is 20.0. The smallest absolute Gasteiger partial charge is 0.191 e. The predicted octanol–water partition coefficient (Wildman–Crippen LogP) is 2.49. The molecule has 0 radical (unpaired) electrons. The van der Waals surface area contributed by atoms with Gasteiger partial charge in [-0.1, -0.05) is 66.4 Å². The van der Waals surface area contributed by atoms with Crippen LogP contribution in [0.25, 0.3) is 11.2 Å². The van der Waals surface area contributed by atoms with Gasteiger partial charge in [-0.3, -0.25) is 0 Å². The van der Waals surface area contributed by atoms with Crippen LogP contribution in [0.15, 0.2) is 47.6 Å². The molecule has 2 fully saturated rings. The van der Waals surface area contributed by atoms with Crippen molar-refractivity contribution >= 4 is 28.7 Å². The zero-order valence-electron chi connectivity index (χ0n) is 19.2. The van der Waals surface area contributed by atoms with Gasteiger partial charge in [-0.15, -0.1) is 5.10 Å². The maximum atomic E-state index is 10.8. The second-order valence-corrected chi connectivity index (χ2v) is 10.1. The SMILES string of the molecule is CCCSc1nc(NC2CC2c2ccccc2)c2nnn([C@@H]3C[C@H](C=CCN)[C@@H](O)[C@H]3O)c2n1. The number of aromatic nitrogens is 5. The quantitative estimate of drug-likeness (QED) is 0.206. The molecule has 2 aliphatic rings. The van der Waals surface area contributed by atoms with Crippen LogP contribution in [0.1, 0.15) is 43.7 Å². The highest BCUT2D eigenvalue weighted by Crippen LogP contribution is 2.43. The third kappa shape index (κ3) is 4.55. The number of anilines is 1. The first-order valence-electron chi connectivity index (χ1n) is 11.9. The summed E-state index contributed by atoms with van der Waals surface area (Å²) >= 11 is 1.59. The standard InChI is InChI=1S/C24H31N7O2S/c1-2-11-34-24-27-22(26-17-13-16(17)14-7-4-3-5-8-14)19-23(28-24)31(30-29-19)18-12-15(9-6-10-25)20(32)21(18)33/h3-9,15-18,20-21,32-33H,2,10-13,25H2,1H3,(H,26,27,28)/t15-,16?,17?,18+,20+,21-/m0/s1. The number of rotatable bonds is 9. The summed E-state index contributed by atoms with van der Waals surface area (Å²) in [7, 11) is 0. The van der Waals surface area contributed by atoms with E-state index in [9.17, 15) is 10.2 Å². The van der Waals surface area contributed by atoms with Gasteiger partial charge in [0.2, 0.25) is 0 Å². The van der Waals surface area contributed by atoms with Crippen molar-refractivity contribution in [1.29, 1.82) is 0 Å². The summed E-state index contributed by atoms with van der Waals surface area (Å²) in [4.78, 5) is 9.51. The molecule has 6 atom stereocenters. The molecule has 2 aliphatic carbocycles. The monoisotopic (exact) mass is 481 g/mol. The minimum atomic E-state index is -0.971. The van der Waals surface area contributed by atoms with Crippen molar-refractivity contribution in [2.75, 3.05) is 17.6 Å². The fourth-order valence-electron chi connectivity index (χ4n) is 4.72. The first-order chi connectivity index (χ1) is 16.6. The van der Waals surface area contributed by atoms with E-state index in [4.69, 9.17) is 15.7 Å². The first kappa shape index (κ1) is 23.2. The van der Waals surface area contributed by atoms with Crippen LogP contribution in [-0.2, 0) is 0 Å². The maximum absolute atomic E-state index is 10.8. The number of fused-ring (bicyclic) bond motifs is 1. The molecule has 1 aromatic carbocycles. The molecule has 5 rings (SSSR count). The van der Waals surface area contributed by atoms with Crippen LogP contribution >= 0.6 is 11.8 Å². The maximum Gasteiger partial charge on any atom is 0.191 e. The van der Waals surface area contributed by atoms with Crippen molar-refractivity contribution in [3.05, 3.63) is 48.0 Å². The Morgan fingerprint density at radius 3 is 2.76 bits per heavy atom. The van der Waals surface area contributed by atoms with Crippen LogP contribution in [0.2, 0.25) is 0 Å². The Kier molecular flexibility index (Phi) is 6.82. The molecular formula is C24H31N7O2S. The molecular weight excluding hydrogens is 450 g/mol. The Morgan fingerprint density at radius 1 is 1.18 bits per heavy atom. The van der Waals surface area contributed by atoms with E-state index in [1.54, 1.807) is 16.4 Å². The van der Waals surface area contributed by atoms with E-state index in [0.717, 1.165) is 18.6 Å². The molecule has 5 N–H and O–H groups in total. The second kappa shape index (κ2) is 9.99. The highest BCUT2D eigenvalue weighted by molar-refractivity contribution is 7.99. The molecule has 0 spiro atoms. The number of nitrogens with two attached hydrogens (primary N) is 1. The minimum Gasteiger partial charge on any atom is -0.390 e. The third-order valence-corrected chi connectivity index (χ3v) is 7.66. The Hall–Kier alpha value is -2.53. The fourth-order valence-corrected chi connectivity index (χ4v) is 5.41. The van der Waals surface area contributed by atoms with Crippen LogP contribution in [0.4, 0.5) is 5.82 Å². The molecule has 2 heterocycles. The summed E-state index contributed by atoms with van der Waals surface area (Å²) in [6.45, 7) is 2.51. The van der Waals surface area contributed by atoms with Crippen molar-refractivity contribution in [1.82, 2.24) is 25.0 Å². The van der Waals surface area contributed by atoms with Gasteiger partial charge in [-0.2, -0.15) is 0 Å². The number of hydrogen-bond donors (Lipinski definition) is 4. The van der Waals surface area contributed by atoms with Gasteiger partial charge in [0, 0.05) is 30.2 Å². The van der Waals surface area contributed by atoms with Crippen molar-refractivity contribution < 1.29 is 10.2 Å². The highest BCUT2D eigenvalue weighted by Gasteiger charge is 2.43. The van der Waals surface area contributed by atoms with E-state index >= 15 is 0 Å². The molecule has 2 unspecified atom stereocenters. The van der Waals surface area contributed by atoms with E-state index in [1.165, 1.54) is 5.56 Å². The van der Waals surface area contributed by atoms with Crippen LogP contribution in [0, 0.1) is 5.92 Å². The molecule has 9 nitrogen and oxygen atoms in total. The molecule has 0 saturated heterocycles. The molecule has 3 aromatic rings. The lowest BCUT2D eigenvalue weighted by Crippen LogP contribution is -2.29. The number of aliphatic hydroxyl groups is 2. The molecule has 0 bridgehead atoms. The minimum absolute atomic E-state index is 0.200. The van der Waals surface area contributed by atoms with Gasteiger partial charge in [0.05, 0.1) is 12.1 Å². The second-order valence-electron chi connectivity index (χ2n) is 9.03. The number of benzene rings is 1. The van der Waals surface area contributed by atoms with Crippen LogP contribution in [-0.4, -0.2) is 65.7 Å². The van der Waals surface area contributed by atoms with Gasteiger partial charge in [-0.25, -0.2) is 14.6 Å². The first-order valence-corrected chi connectivity index (χ1v) is 12.9. The van der Waals surface area contributed by atoms with Crippen molar-refractivity contribution in [2.45, 2.75) is 61.6 Å². The average molecular weight is 482 g/mol. The van der Waals surface area contributed by atoms with E-state index in [0.29, 0.717) is 41.0 Å². The number of thioether (sulfide) groups is 1. The van der Waals surface area contributed by atoms with Crippen molar-refractivity contribution in [2.24, 2.45) is 11.7 Å². The van der Waals surface area contributed by atoms with Crippen LogP contribution in [0.3, 0.4) is 0 Å². The molecule has 0 aliphatic heterocycles. The van der Waals surface area contributed by atoms with Crippen LogP contribution < -0.4 is 11.1 Å². The lowest BCUT2D eigenvalue weighted by atomic mass is 10.1. The molecule has 2 aromatic heterocycles. The average Bonchev–Trinajstić information content (AvgIpc) is 3.41. The number of nitrogens with one attached hydrogen (secondary N) is 1. The van der Waals surface area contributed by atoms with Gasteiger partial charge in [0.25, 0.3) is 0 Å². The van der Waals surface area contributed by atoms with E-state index in [1.807, 2.05) is 18.2 Å². The summed E-state index contributed by atoms with van der Waals surface area (Å²) < 4.78 is 1.66. The predicted molar refractivity (Wildman–Crippen MR) is 133 cm³/mol.